The molecule has 0 radical (unpaired) electrons. The summed E-state index contributed by atoms with van der Waals surface area (Å²) in [5.74, 6) is 2.77. The van der Waals surface area contributed by atoms with Crippen LogP contribution in [0.3, 0.4) is 0 Å². The Kier molecular flexibility index (Phi) is 8.89. The highest BCUT2D eigenvalue weighted by Crippen LogP contribution is 2.38. The maximum atomic E-state index is 5.53. The van der Waals surface area contributed by atoms with E-state index in [-0.39, 0.29) is 5.54 Å². The van der Waals surface area contributed by atoms with Gasteiger partial charge in [-0.1, -0.05) is 26.2 Å². The van der Waals surface area contributed by atoms with Crippen molar-refractivity contribution in [2.75, 3.05) is 19.8 Å². The summed E-state index contributed by atoms with van der Waals surface area (Å²) in [5.41, 5.74) is 0.246. The van der Waals surface area contributed by atoms with Gasteiger partial charge in [0.15, 0.2) is 0 Å². The van der Waals surface area contributed by atoms with Crippen LogP contribution in [0.15, 0.2) is 0 Å². The average molecular weight is 298 g/mol. The van der Waals surface area contributed by atoms with Crippen molar-refractivity contribution >= 4 is 0 Å². The SMILES string of the molecule is CCCC1CCC(CNC(C)(C)C)C(CCCOCC)C1. The minimum absolute atomic E-state index is 0.246. The molecule has 0 aromatic heterocycles. The zero-order valence-corrected chi connectivity index (χ0v) is 15.2. The van der Waals surface area contributed by atoms with Gasteiger partial charge in [0.2, 0.25) is 0 Å². The summed E-state index contributed by atoms with van der Waals surface area (Å²) >= 11 is 0. The van der Waals surface area contributed by atoms with E-state index in [1.165, 1.54) is 51.5 Å². The quantitative estimate of drug-likeness (QED) is 0.603. The minimum atomic E-state index is 0.246. The van der Waals surface area contributed by atoms with Gasteiger partial charge in [-0.3, -0.25) is 0 Å². The van der Waals surface area contributed by atoms with Crippen LogP contribution in [0.25, 0.3) is 0 Å². The molecule has 2 nitrogen and oxygen atoms in total. The molecule has 3 atom stereocenters. The first-order valence-electron chi connectivity index (χ1n) is 9.29. The Bertz CT molecular complexity index is 259. The number of rotatable bonds is 9. The molecule has 3 unspecified atom stereocenters. The second-order valence-corrected chi connectivity index (χ2v) is 7.96. The number of nitrogens with one attached hydrogen (secondary N) is 1. The van der Waals surface area contributed by atoms with Gasteiger partial charge in [-0.25, -0.2) is 0 Å². The maximum Gasteiger partial charge on any atom is 0.0465 e. The summed E-state index contributed by atoms with van der Waals surface area (Å²) in [6.45, 7) is 14.3. The molecule has 0 saturated heterocycles. The summed E-state index contributed by atoms with van der Waals surface area (Å²) in [6, 6.07) is 0. The molecule has 1 N–H and O–H groups in total. The molecule has 0 aromatic rings. The van der Waals surface area contributed by atoms with Crippen molar-refractivity contribution in [1.82, 2.24) is 5.32 Å². The minimum Gasteiger partial charge on any atom is -0.382 e. The average Bonchev–Trinajstić information content (AvgIpc) is 2.42. The highest BCUT2D eigenvalue weighted by Gasteiger charge is 2.30. The fourth-order valence-electron chi connectivity index (χ4n) is 3.75. The van der Waals surface area contributed by atoms with Crippen LogP contribution < -0.4 is 5.32 Å². The monoisotopic (exact) mass is 297 g/mol. The maximum absolute atomic E-state index is 5.53. The second-order valence-electron chi connectivity index (χ2n) is 7.96. The van der Waals surface area contributed by atoms with Crippen LogP contribution in [-0.2, 0) is 4.74 Å². The van der Waals surface area contributed by atoms with E-state index >= 15 is 0 Å². The van der Waals surface area contributed by atoms with E-state index in [0.29, 0.717) is 0 Å². The van der Waals surface area contributed by atoms with Crippen LogP contribution in [0.1, 0.15) is 79.6 Å². The lowest BCUT2D eigenvalue weighted by molar-refractivity contribution is 0.113. The van der Waals surface area contributed by atoms with Gasteiger partial charge in [0, 0.05) is 18.8 Å². The molecule has 0 spiro atoms. The normalized spacial score (nSPS) is 27.0. The highest BCUT2D eigenvalue weighted by molar-refractivity contribution is 4.83. The van der Waals surface area contributed by atoms with Gasteiger partial charge in [-0.15, -0.1) is 0 Å². The topological polar surface area (TPSA) is 21.3 Å². The Balaban J connectivity index is 2.44. The molecule has 21 heavy (non-hydrogen) atoms. The molecule has 0 aromatic carbocycles. The lowest BCUT2D eigenvalue weighted by Crippen LogP contribution is -2.42. The summed E-state index contributed by atoms with van der Waals surface area (Å²) in [6.07, 6.45) is 9.71. The largest absolute Gasteiger partial charge is 0.382 e. The van der Waals surface area contributed by atoms with Gasteiger partial charge in [-0.2, -0.15) is 0 Å². The fourth-order valence-corrected chi connectivity index (χ4v) is 3.75. The van der Waals surface area contributed by atoms with Crippen molar-refractivity contribution < 1.29 is 4.74 Å². The molecule has 1 aliphatic carbocycles. The first-order valence-corrected chi connectivity index (χ1v) is 9.29. The molecule has 1 fully saturated rings. The molecular weight excluding hydrogens is 258 g/mol. The van der Waals surface area contributed by atoms with E-state index in [9.17, 15) is 0 Å². The van der Waals surface area contributed by atoms with E-state index < -0.39 is 0 Å². The molecule has 2 heteroatoms. The predicted octanol–water partition coefficient (Wildman–Crippen LogP) is 5.02. The summed E-state index contributed by atoms with van der Waals surface area (Å²) < 4.78 is 5.53. The van der Waals surface area contributed by atoms with E-state index in [1.54, 1.807) is 0 Å². The van der Waals surface area contributed by atoms with Crippen molar-refractivity contribution in [2.45, 2.75) is 85.1 Å². The molecule has 0 heterocycles. The van der Waals surface area contributed by atoms with Crippen molar-refractivity contribution in [3.05, 3.63) is 0 Å². The smallest absolute Gasteiger partial charge is 0.0465 e. The van der Waals surface area contributed by atoms with E-state index in [4.69, 9.17) is 4.74 Å². The Hall–Kier alpha value is -0.0800. The third-order valence-electron chi connectivity index (χ3n) is 4.91. The summed E-state index contributed by atoms with van der Waals surface area (Å²) in [4.78, 5) is 0. The molecular formula is C19H39NO. The molecule has 0 bridgehead atoms. The van der Waals surface area contributed by atoms with Gasteiger partial charge in [0.25, 0.3) is 0 Å². The van der Waals surface area contributed by atoms with E-state index in [1.807, 2.05) is 0 Å². The first kappa shape index (κ1) is 19.0. The van der Waals surface area contributed by atoms with Crippen LogP contribution in [0.2, 0.25) is 0 Å². The van der Waals surface area contributed by atoms with Crippen molar-refractivity contribution in [3.8, 4) is 0 Å². The van der Waals surface area contributed by atoms with Crippen LogP contribution in [0.5, 0.6) is 0 Å². The van der Waals surface area contributed by atoms with Gasteiger partial charge in [-0.05, 0) is 77.7 Å². The lowest BCUT2D eigenvalue weighted by Gasteiger charge is -2.38. The van der Waals surface area contributed by atoms with Gasteiger partial charge < -0.3 is 10.1 Å². The van der Waals surface area contributed by atoms with E-state index in [2.05, 4.69) is 39.9 Å². The summed E-state index contributed by atoms with van der Waals surface area (Å²) in [5, 5.41) is 3.74. The zero-order valence-electron chi connectivity index (χ0n) is 15.2. The van der Waals surface area contributed by atoms with Crippen LogP contribution in [0, 0.1) is 17.8 Å². The Labute approximate surface area is 133 Å². The highest BCUT2D eigenvalue weighted by atomic mass is 16.5. The second kappa shape index (κ2) is 9.84. The van der Waals surface area contributed by atoms with Gasteiger partial charge >= 0.3 is 0 Å². The molecule has 1 rings (SSSR count). The van der Waals surface area contributed by atoms with Gasteiger partial charge in [0.05, 0.1) is 0 Å². The Morgan fingerprint density at radius 2 is 1.81 bits per heavy atom. The van der Waals surface area contributed by atoms with Crippen LogP contribution in [0.4, 0.5) is 0 Å². The Morgan fingerprint density at radius 1 is 1.05 bits per heavy atom. The summed E-state index contributed by atoms with van der Waals surface area (Å²) in [7, 11) is 0. The van der Waals surface area contributed by atoms with E-state index in [0.717, 1.165) is 31.0 Å². The van der Waals surface area contributed by atoms with Gasteiger partial charge in [0.1, 0.15) is 0 Å². The number of hydrogen-bond donors (Lipinski definition) is 1. The molecule has 1 aliphatic rings. The molecule has 0 aliphatic heterocycles. The fraction of sp³-hybridized carbons (Fsp3) is 1.00. The van der Waals surface area contributed by atoms with Crippen molar-refractivity contribution in [1.29, 1.82) is 0 Å². The van der Waals surface area contributed by atoms with Crippen molar-refractivity contribution in [2.24, 2.45) is 17.8 Å². The number of hydrogen-bond acceptors (Lipinski definition) is 2. The van der Waals surface area contributed by atoms with Crippen LogP contribution >= 0.6 is 0 Å². The number of ether oxygens (including phenoxy) is 1. The lowest BCUT2D eigenvalue weighted by atomic mass is 9.71. The van der Waals surface area contributed by atoms with Crippen molar-refractivity contribution in [3.63, 3.8) is 0 Å². The first-order chi connectivity index (χ1) is 9.96. The molecule has 0 amide bonds. The zero-order chi connectivity index (χ0) is 15.7. The third-order valence-corrected chi connectivity index (χ3v) is 4.91. The third kappa shape index (κ3) is 8.21. The molecule has 1 saturated carbocycles. The van der Waals surface area contributed by atoms with Crippen LogP contribution in [-0.4, -0.2) is 25.3 Å². The molecule has 126 valence electrons. The standard InChI is InChI=1S/C19H39NO/c1-6-9-16-11-12-18(15-20-19(3,4)5)17(14-16)10-8-13-21-7-2/h16-18,20H,6-15H2,1-5H3. The predicted molar refractivity (Wildman–Crippen MR) is 92.7 cm³/mol. The Morgan fingerprint density at radius 3 is 2.43 bits per heavy atom.